The van der Waals surface area contributed by atoms with E-state index in [0.717, 1.165) is 0 Å². The lowest BCUT2D eigenvalue weighted by Gasteiger charge is -2.02. The summed E-state index contributed by atoms with van der Waals surface area (Å²) in [5, 5.41) is 0.441. The van der Waals surface area contributed by atoms with Crippen molar-refractivity contribution in [2.45, 2.75) is 4.90 Å². The van der Waals surface area contributed by atoms with Crippen molar-refractivity contribution in [3.05, 3.63) is 64.7 Å². The average Bonchev–Trinajstić information content (AvgIpc) is 2.33. The Morgan fingerprint density at radius 2 is 1.69 bits per heavy atom. The molecular formula is C13H8ClOS. The Bertz CT molecular complexity index is 523. The number of carbonyl (C=O) groups is 1. The molecule has 2 aromatic carbocycles. The highest BCUT2D eigenvalue weighted by Crippen LogP contribution is 2.22. The van der Waals surface area contributed by atoms with Crippen LogP contribution in [-0.2, 0) is 0 Å². The van der Waals surface area contributed by atoms with Crippen molar-refractivity contribution in [1.82, 2.24) is 0 Å². The maximum Gasteiger partial charge on any atom is 0.193 e. The summed E-state index contributed by atoms with van der Waals surface area (Å²) >= 11 is 10.9. The van der Waals surface area contributed by atoms with Gasteiger partial charge in [0.05, 0.1) is 9.92 Å². The van der Waals surface area contributed by atoms with Crippen LogP contribution in [0, 0.1) is 0 Å². The first-order valence-corrected chi connectivity index (χ1v) is 5.53. The highest BCUT2D eigenvalue weighted by molar-refractivity contribution is 7.80. The van der Waals surface area contributed by atoms with Crippen LogP contribution in [-0.4, -0.2) is 5.78 Å². The summed E-state index contributed by atoms with van der Waals surface area (Å²) < 4.78 is 0. The molecule has 0 atom stereocenters. The van der Waals surface area contributed by atoms with Gasteiger partial charge in [-0.25, -0.2) is 0 Å². The van der Waals surface area contributed by atoms with E-state index in [1.165, 1.54) is 0 Å². The fraction of sp³-hybridized carbons (Fsp3) is 0. The van der Waals surface area contributed by atoms with E-state index in [0.29, 0.717) is 21.0 Å². The Hall–Kier alpha value is -1.38. The van der Waals surface area contributed by atoms with Gasteiger partial charge in [0.1, 0.15) is 0 Å². The summed E-state index contributed by atoms with van der Waals surface area (Å²) in [5.74, 6) is -0.0440. The molecule has 0 bridgehead atoms. The number of hydrogen-bond donors (Lipinski definition) is 0. The summed E-state index contributed by atoms with van der Waals surface area (Å²) in [7, 11) is 0. The Balaban J connectivity index is 2.39. The second-order valence-corrected chi connectivity index (χ2v) is 4.19. The van der Waals surface area contributed by atoms with Gasteiger partial charge in [-0.2, -0.15) is 0 Å². The monoisotopic (exact) mass is 247 g/mol. The first kappa shape index (κ1) is 11.1. The van der Waals surface area contributed by atoms with Gasteiger partial charge >= 0.3 is 0 Å². The molecule has 0 saturated carbocycles. The van der Waals surface area contributed by atoms with E-state index in [4.69, 9.17) is 24.2 Å². The van der Waals surface area contributed by atoms with Crippen LogP contribution in [0.25, 0.3) is 0 Å². The molecule has 0 heterocycles. The van der Waals surface area contributed by atoms with E-state index >= 15 is 0 Å². The highest BCUT2D eigenvalue weighted by Gasteiger charge is 2.09. The van der Waals surface area contributed by atoms with Gasteiger partial charge in [-0.05, 0) is 18.2 Å². The fourth-order valence-electron chi connectivity index (χ4n) is 1.40. The van der Waals surface area contributed by atoms with Crippen molar-refractivity contribution in [3.63, 3.8) is 0 Å². The van der Waals surface area contributed by atoms with E-state index in [-0.39, 0.29) is 5.78 Å². The molecule has 2 rings (SSSR count). The molecule has 2 aromatic rings. The lowest BCUT2D eigenvalue weighted by atomic mass is 10.0. The zero-order valence-corrected chi connectivity index (χ0v) is 9.89. The molecule has 79 valence electrons. The predicted octanol–water partition coefficient (Wildman–Crippen LogP) is 4.13. The van der Waals surface area contributed by atoms with Gasteiger partial charge < -0.3 is 0 Å². The largest absolute Gasteiger partial charge is 0.289 e. The molecule has 3 heteroatoms. The summed E-state index contributed by atoms with van der Waals surface area (Å²) in [6.07, 6.45) is 0. The minimum atomic E-state index is -0.0440. The SMILES string of the molecule is O=C(c1ccccc1)c1ccc([S])c(Cl)c1. The van der Waals surface area contributed by atoms with Gasteiger partial charge in [0.2, 0.25) is 0 Å². The number of hydrogen-bond acceptors (Lipinski definition) is 1. The van der Waals surface area contributed by atoms with E-state index in [2.05, 4.69) is 0 Å². The van der Waals surface area contributed by atoms with Crippen molar-refractivity contribution in [2.24, 2.45) is 0 Å². The van der Waals surface area contributed by atoms with Crippen LogP contribution in [0.2, 0.25) is 5.02 Å². The van der Waals surface area contributed by atoms with Gasteiger partial charge in [0.25, 0.3) is 0 Å². The zero-order chi connectivity index (χ0) is 11.5. The maximum absolute atomic E-state index is 12.0. The molecule has 0 fully saturated rings. The van der Waals surface area contributed by atoms with Crippen LogP contribution in [0.5, 0.6) is 0 Å². The van der Waals surface area contributed by atoms with Gasteiger partial charge in [-0.3, -0.25) is 4.79 Å². The van der Waals surface area contributed by atoms with Gasteiger partial charge in [0, 0.05) is 11.1 Å². The van der Waals surface area contributed by atoms with Crippen molar-refractivity contribution in [3.8, 4) is 0 Å². The quantitative estimate of drug-likeness (QED) is 0.730. The summed E-state index contributed by atoms with van der Waals surface area (Å²) in [4.78, 5) is 12.6. The topological polar surface area (TPSA) is 17.1 Å². The van der Waals surface area contributed by atoms with Crippen molar-refractivity contribution in [2.75, 3.05) is 0 Å². The molecule has 16 heavy (non-hydrogen) atoms. The number of halogens is 1. The minimum absolute atomic E-state index is 0.0440. The Morgan fingerprint density at radius 1 is 1.00 bits per heavy atom. The third kappa shape index (κ3) is 2.23. The Kier molecular flexibility index (Phi) is 3.22. The molecule has 1 nitrogen and oxygen atoms in total. The number of benzene rings is 2. The minimum Gasteiger partial charge on any atom is -0.289 e. The molecule has 0 aliphatic heterocycles. The Labute approximate surface area is 104 Å². The molecule has 0 aliphatic rings. The summed E-state index contributed by atoms with van der Waals surface area (Å²) in [6, 6.07) is 14.1. The molecular weight excluding hydrogens is 240 g/mol. The molecule has 1 radical (unpaired) electrons. The van der Waals surface area contributed by atoms with E-state index in [1.807, 2.05) is 18.2 Å². The summed E-state index contributed by atoms with van der Waals surface area (Å²) in [5.41, 5.74) is 1.21. The normalized spacial score (nSPS) is 10.1. The van der Waals surface area contributed by atoms with Crippen molar-refractivity contribution < 1.29 is 4.79 Å². The maximum atomic E-state index is 12.0. The number of rotatable bonds is 2. The van der Waals surface area contributed by atoms with Crippen LogP contribution >= 0.6 is 24.2 Å². The van der Waals surface area contributed by atoms with Crippen LogP contribution in [0.15, 0.2) is 53.4 Å². The highest BCUT2D eigenvalue weighted by atomic mass is 35.5. The van der Waals surface area contributed by atoms with Gasteiger partial charge in [-0.1, -0.05) is 54.6 Å². The van der Waals surface area contributed by atoms with E-state index < -0.39 is 0 Å². The predicted molar refractivity (Wildman–Crippen MR) is 67.2 cm³/mol. The van der Waals surface area contributed by atoms with Crippen LogP contribution in [0.4, 0.5) is 0 Å². The van der Waals surface area contributed by atoms with Gasteiger partial charge in [-0.15, -0.1) is 0 Å². The third-order valence-corrected chi connectivity index (χ3v) is 3.01. The van der Waals surface area contributed by atoms with Crippen LogP contribution in [0.3, 0.4) is 0 Å². The van der Waals surface area contributed by atoms with Crippen LogP contribution < -0.4 is 0 Å². The standard InChI is InChI=1S/C13H8ClOS/c14-11-8-10(6-7-12(11)16)13(15)9-4-2-1-3-5-9/h1-8H. The molecule has 0 aliphatic carbocycles. The van der Waals surface area contributed by atoms with Crippen LogP contribution in [0.1, 0.15) is 15.9 Å². The smallest absolute Gasteiger partial charge is 0.193 e. The second kappa shape index (κ2) is 4.64. The average molecular weight is 248 g/mol. The van der Waals surface area contributed by atoms with Crippen molar-refractivity contribution >= 4 is 30.0 Å². The molecule has 0 amide bonds. The Morgan fingerprint density at radius 3 is 2.31 bits per heavy atom. The molecule has 0 spiro atoms. The van der Waals surface area contributed by atoms with Gasteiger partial charge in [0.15, 0.2) is 5.78 Å². The molecule has 0 N–H and O–H groups in total. The molecule has 0 saturated heterocycles. The van der Waals surface area contributed by atoms with E-state index in [1.54, 1.807) is 30.3 Å². The lowest BCUT2D eigenvalue weighted by molar-refractivity contribution is 0.103. The molecule has 0 unspecified atom stereocenters. The summed E-state index contributed by atoms with van der Waals surface area (Å²) in [6.45, 7) is 0. The third-order valence-electron chi connectivity index (χ3n) is 2.23. The lowest BCUT2D eigenvalue weighted by Crippen LogP contribution is -2.00. The second-order valence-electron chi connectivity index (χ2n) is 3.34. The number of carbonyl (C=O) groups excluding carboxylic acids is 1. The first-order chi connectivity index (χ1) is 7.68. The van der Waals surface area contributed by atoms with E-state index in [9.17, 15) is 4.79 Å². The number of ketones is 1. The van der Waals surface area contributed by atoms with Crippen molar-refractivity contribution in [1.29, 1.82) is 0 Å². The molecule has 0 aromatic heterocycles. The fourth-order valence-corrected chi connectivity index (χ4v) is 1.71. The first-order valence-electron chi connectivity index (χ1n) is 4.75. The zero-order valence-electron chi connectivity index (χ0n) is 8.31.